The minimum atomic E-state index is 0.570. The maximum absolute atomic E-state index is 5.68. The van der Waals surface area contributed by atoms with Crippen molar-refractivity contribution in [1.29, 1.82) is 0 Å². The van der Waals surface area contributed by atoms with Gasteiger partial charge < -0.3 is 11.1 Å². The lowest BCUT2D eigenvalue weighted by Gasteiger charge is -2.09. The third-order valence-electron chi connectivity index (χ3n) is 2.46. The van der Waals surface area contributed by atoms with Crippen molar-refractivity contribution in [2.75, 3.05) is 12.4 Å². The molecular weight excluding hydrogens is 172 g/mol. The first-order valence-electron chi connectivity index (χ1n) is 4.74. The lowest BCUT2D eigenvalue weighted by Crippen LogP contribution is -2.01. The molecule has 0 aromatic heterocycles. The normalized spacial score (nSPS) is 10.4. The van der Waals surface area contributed by atoms with Crippen molar-refractivity contribution in [1.82, 2.24) is 0 Å². The van der Waals surface area contributed by atoms with Crippen molar-refractivity contribution < 1.29 is 0 Å². The fourth-order valence-electron chi connectivity index (χ4n) is 1.69. The van der Waals surface area contributed by atoms with Crippen molar-refractivity contribution in [3.63, 3.8) is 0 Å². The highest BCUT2D eigenvalue weighted by molar-refractivity contribution is 5.87. The summed E-state index contributed by atoms with van der Waals surface area (Å²) in [6.45, 7) is 0.570. The Balaban J connectivity index is 2.69. The molecule has 72 valence electrons. The molecule has 0 saturated heterocycles. The van der Waals surface area contributed by atoms with Gasteiger partial charge in [-0.3, -0.25) is 0 Å². The number of nitrogens with two attached hydrogens (primary N) is 1. The van der Waals surface area contributed by atoms with E-state index in [9.17, 15) is 0 Å². The van der Waals surface area contributed by atoms with Crippen LogP contribution in [0.5, 0.6) is 0 Å². The SMILES string of the molecule is CNc1cc2ccccc2cc1CN. The van der Waals surface area contributed by atoms with E-state index in [2.05, 4.69) is 29.6 Å². The van der Waals surface area contributed by atoms with Gasteiger partial charge in [-0.2, -0.15) is 0 Å². The van der Waals surface area contributed by atoms with E-state index >= 15 is 0 Å². The van der Waals surface area contributed by atoms with Gasteiger partial charge in [0.05, 0.1) is 0 Å². The van der Waals surface area contributed by atoms with Crippen LogP contribution < -0.4 is 11.1 Å². The summed E-state index contributed by atoms with van der Waals surface area (Å²) in [7, 11) is 1.92. The van der Waals surface area contributed by atoms with Crippen molar-refractivity contribution in [3.8, 4) is 0 Å². The average molecular weight is 186 g/mol. The molecule has 0 aliphatic rings. The topological polar surface area (TPSA) is 38.0 Å². The van der Waals surface area contributed by atoms with Gasteiger partial charge in [-0.25, -0.2) is 0 Å². The molecule has 14 heavy (non-hydrogen) atoms. The molecule has 0 spiro atoms. The van der Waals surface area contributed by atoms with E-state index in [1.54, 1.807) is 0 Å². The third-order valence-corrected chi connectivity index (χ3v) is 2.46. The van der Waals surface area contributed by atoms with Crippen molar-refractivity contribution in [2.24, 2.45) is 5.73 Å². The van der Waals surface area contributed by atoms with Gasteiger partial charge >= 0.3 is 0 Å². The van der Waals surface area contributed by atoms with E-state index in [1.807, 2.05) is 19.2 Å². The van der Waals surface area contributed by atoms with E-state index in [0.29, 0.717) is 6.54 Å². The molecule has 0 fully saturated rings. The van der Waals surface area contributed by atoms with Crippen LogP contribution in [0.1, 0.15) is 5.56 Å². The standard InChI is InChI=1S/C12H14N2/c1-14-12-7-10-5-3-2-4-9(10)6-11(12)8-13/h2-7,14H,8,13H2,1H3. The minimum Gasteiger partial charge on any atom is -0.388 e. The molecule has 2 aromatic carbocycles. The van der Waals surface area contributed by atoms with Crippen LogP contribution in [0, 0.1) is 0 Å². The van der Waals surface area contributed by atoms with Crippen LogP contribution in [0.15, 0.2) is 36.4 Å². The van der Waals surface area contributed by atoms with Gasteiger partial charge in [-0.05, 0) is 28.5 Å². The summed E-state index contributed by atoms with van der Waals surface area (Å²) in [4.78, 5) is 0. The molecule has 0 radical (unpaired) electrons. The molecule has 2 heteroatoms. The lowest BCUT2D eigenvalue weighted by atomic mass is 10.1. The van der Waals surface area contributed by atoms with E-state index in [4.69, 9.17) is 5.73 Å². The van der Waals surface area contributed by atoms with Gasteiger partial charge in [0.2, 0.25) is 0 Å². The second-order valence-electron chi connectivity index (χ2n) is 3.31. The van der Waals surface area contributed by atoms with Gasteiger partial charge in [-0.1, -0.05) is 24.3 Å². The monoisotopic (exact) mass is 186 g/mol. The summed E-state index contributed by atoms with van der Waals surface area (Å²) in [5.41, 5.74) is 7.95. The van der Waals surface area contributed by atoms with Crippen LogP contribution in [-0.4, -0.2) is 7.05 Å². The molecule has 0 amide bonds. The predicted molar refractivity (Wildman–Crippen MR) is 61.4 cm³/mol. The largest absolute Gasteiger partial charge is 0.388 e. The Labute approximate surface area is 83.7 Å². The van der Waals surface area contributed by atoms with Crippen LogP contribution >= 0.6 is 0 Å². The number of hydrogen-bond acceptors (Lipinski definition) is 2. The van der Waals surface area contributed by atoms with E-state index < -0.39 is 0 Å². The molecule has 3 N–H and O–H groups in total. The molecule has 0 aliphatic carbocycles. The first kappa shape index (κ1) is 9.03. The first-order valence-corrected chi connectivity index (χ1v) is 4.74. The number of hydrogen-bond donors (Lipinski definition) is 2. The molecule has 0 heterocycles. The van der Waals surface area contributed by atoms with Crippen LogP contribution in [0.3, 0.4) is 0 Å². The highest BCUT2D eigenvalue weighted by atomic mass is 14.8. The summed E-state index contributed by atoms with van der Waals surface area (Å²) in [6.07, 6.45) is 0. The Morgan fingerprint density at radius 2 is 1.79 bits per heavy atom. The maximum Gasteiger partial charge on any atom is 0.0389 e. The van der Waals surface area contributed by atoms with Crippen LogP contribution in [-0.2, 0) is 6.54 Å². The summed E-state index contributed by atoms with van der Waals surface area (Å²) in [6, 6.07) is 12.6. The van der Waals surface area contributed by atoms with Crippen molar-refractivity contribution in [3.05, 3.63) is 42.0 Å². The molecule has 2 nitrogen and oxygen atoms in total. The number of fused-ring (bicyclic) bond motifs is 1. The fourth-order valence-corrected chi connectivity index (χ4v) is 1.69. The Kier molecular flexibility index (Phi) is 2.37. The summed E-state index contributed by atoms with van der Waals surface area (Å²) < 4.78 is 0. The van der Waals surface area contributed by atoms with E-state index in [-0.39, 0.29) is 0 Å². The van der Waals surface area contributed by atoms with E-state index in [0.717, 1.165) is 11.3 Å². The zero-order valence-corrected chi connectivity index (χ0v) is 8.25. The highest BCUT2D eigenvalue weighted by Crippen LogP contribution is 2.23. The molecule has 0 atom stereocenters. The summed E-state index contributed by atoms with van der Waals surface area (Å²) in [5.74, 6) is 0. The van der Waals surface area contributed by atoms with Gasteiger partial charge in [0.15, 0.2) is 0 Å². The van der Waals surface area contributed by atoms with Gasteiger partial charge in [-0.15, -0.1) is 0 Å². The molecule has 2 rings (SSSR count). The number of anilines is 1. The number of rotatable bonds is 2. The van der Waals surface area contributed by atoms with Crippen LogP contribution in [0.25, 0.3) is 10.8 Å². The van der Waals surface area contributed by atoms with Crippen LogP contribution in [0.4, 0.5) is 5.69 Å². The van der Waals surface area contributed by atoms with Gasteiger partial charge in [0, 0.05) is 19.3 Å². The Morgan fingerprint density at radius 3 is 2.36 bits per heavy atom. The molecule has 2 aromatic rings. The second kappa shape index (κ2) is 3.68. The predicted octanol–water partition coefficient (Wildman–Crippen LogP) is 2.34. The summed E-state index contributed by atoms with van der Waals surface area (Å²) in [5, 5.41) is 5.65. The lowest BCUT2D eigenvalue weighted by molar-refractivity contribution is 1.07. The minimum absolute atomic E-state index is 0.570. The molecule has 0 aliphatic heterocycles. The van der Waals surface area contributed by atoms with Gasteiger partial charge in [0.25, 0.3) is 0 Å². The molecule has 0 unspecified atom stereocenters. The Bertz CT molecular complexity index is 407. The van der Waals surface area contributed by atoms with Gasteiger partial charge in [0.1, 0.15) is 0 Å². The second-order valence-corrected chi connectivity index (χ2v) is 3.31. The van der Waals surface area contributed by atoms with Crippen LogP contribution in [0.2, 0.25) is 0 Å². The maximum atomic E-state index is 5.68. The average Bonchev–Trinajstić information content (AvgIpc) is 2.27. The Morgan fingerprint density at radius 1 is 1.14 bits per heavy atom. The molecule has 0 saturated carbocycles. The fraction of sp³-hybridized carbons (Fsp3) is 0.167. The third kappa shape index (κ3) is 1.44. The summed E-state index contributed by atoms with van der Waals surface area (Å²) >= 11 is 0. The van der Waals surface area contributed by atoms with Crippen molar-refractivity contribution >= 4 is 16.5 Å². The quantitative estimate of drug-likeness (QED) is 0.755. The smallest absolute Gasteiger partial charge is 0.0389 e. The van der Waals surface area contributed by atoms with E-state index in [1.165, 1.54) is 10.8 Å². The number of nitrogens with one attached hydrogen (secondary N) is 1. The zero-order chi connectivity index (χ0) is 9.97. The van der Waals surface area contributed by atoms with Crippen molar-refractivity contribution in [2.45, 2.75) is 6.54 Å². The Hall–Kier alpha value is -1.54. The zero-order valence-electron chi connectivity index (χ0n) is 8.25. The highest BCUT2D eigenvalue weighted by Gasteiger charge is 2.01. The molecular formula is C12H14N2. The first-order chi connectivity index (χ1) is 6.85. The molecule has 0 bridgehead atoms. The number of benzene rings is 2.